The molecule has 94 valence electrons. The molecule has 5 heteroatoms. The number of aromatic nitrogens is 2. The number of likely N-dealkylation sites (tertiary alicyclic amines) is 1. The van der Waals surface area contributed by atoms with Crippen molar-refractivity contribution in [2.75, 3.05) is 13.1 Å². The highest BCUT2D eigenvalue weighted by molar-refractivity contribution is 5.89. The summed E-state index contributed by atoms with van der Waals surface area (Å²) in [5.74, 6) is 0.490. The second-order valence-corrected chi connectivity index (χ2v) is 4.83. The molecule has 0 N–H and O–H groups in total. The topological polar surface area (TPSA) is 59.2 Å². The Kier molecular flexibility index (Phi) is 3.17. The summed E-state index contributed by atoms with van der Waals surface area (Å²) in [6, 6.07) is 0. The fraction of sp³-hybridized carbons (Fsp3) is 0.750. The van der Waals surface area contributed by atoms with Crippen molar-refractivity contribution >= 4 is 5.91 Å². The van der Waals surface area contributed by atoms with Gasteiger partial charge in [0.1, 0.15) is 0 Å². The highest BCUT2D eigenvalue weighted by atomic mass is 16.5. The van der Waals surface area contributed by atoms with Gasteiger partial charge in [-0.15, -0.1) is 0 Å². The van der Waals surface area contributed by atoms with E-state index < -0.39 is 0 Å². The molecule has 1 saturated heterocycles. The average molecular weight is 237 g/mol. The minimum Gasteiger partial charge on any atom is -0.334 e. The molecule has 0 saturated carbocycles. The van der Waals surface area contributed by atoms with Gasteiger partial charge in [0.05, 0.1) is 0 Å². The largest absolute Gasteiger partial charge is 0.334 e. The summed E-state index contributed by atoms with van der Waals surface area (Å²) in [7, 11) is 0. The van der Waals surface area contributed by atoms with Gasteiger partial charge in [-0.05, 0) is 31.6 Å². The Morgan fingerprint density at radius 1 is 1.47 bits per heavy atom. The number of carbonyl (C=O) groups excluding carboxylic acids is 1. The summed E-state index contributed by atoms with van der Waals surface area (Å²) in [4.78, 5) is 17.9. The molecule has 1 amide bonds. The number of aryl methyl sites for hydroxylation is 1. The van der Waals surface area contributed by atoms with Crippen molar-refractivity contribution < 1.29 is 9.32 Å². The van der Waals surface area contributed by atoms with Crippen LogP contribution in [0.5, 0.6) is 0 Å². The van der Waals surface area contributed by atoms with Crippen molar-refractivity contribution in [2.45, 2.75) is 40.0 Å². The second kappa shape index (κ2) is 4.47. The second-order valence-electron chi connectivity index (χ2n) is 4.83. The molecule has 17 heavy (non-hydrogen) atoms. The SMILES string of the molecule is CCC1(CC)CCN(C(=O)c2nc(C)no2)C1. The lowest BCUT2D eigenvalue weighted by atomic mass is 9.82. The number of hydrogen-bond donors (Lipinski definition) is 0. The van der Waals surface area contributed by atoms with Gasteiger partial charge in [-0.3, -0.25) is 4.79 Å². The minimum absolute atomic E-state index is 0.116. The summed E-state index contributed by atoms with van der Waals surface area (Å²) in [5.41, 5.74) is 0.282. The maximum atomic E-state index is 12.1. The van der Waals surface area contributed by atoms with Crippen LogP contribution in [0.3, 0.4) is 0 Å². The van der Waals surface area contributed by atoms with E-state index in [0.717, 1.165) is 32.4 Å². The number of carbonyl (C=O) groups is 1. The Labute approximate surface area is 101 Å². The third kappa shape index (κ3) is 2.18. The first-order chi connectivity index (χ1) is 8.10. The molecule has 2 heterocycles. The van der Waals surface area contributed by atoms with E-state index in [1.165, 1.54) is 0 Å². The molecule has 0 unspecified atom stereocenters. The van der Waals surface area contributed by atoms with Gasteiger partial charge in [-0.1, -0.05) is 19.0 Å². The van der Waals surface area contributed by atoms with Crippen LogP contribution in [0.4, 0.5) is 0 Å². The lowest BCUT2D eigenvalue weighted by Crippen LogP contribution is -2.32. The zero-order chi connectivity index (χ0) is 12.5. The molecule has 0 aromatic carbocycles. The summed E-state index contributed by atoms with van der Waals surface area (Å²) < 4.78 is 4.92. The van der Waals surface area contributed by atoms with Gasteiger partial charge >= 0.3 is 11.8 Å². The van der Waals surface area contributed by atoms with Crippen LogP contribution >= 0.6 is 0 Å². The predicted molar refractivity (Wildman–Crippen MR) is 62.6 cm³/mol. The highest BCUT2D eigenvalue weighted by Gasteiger charge is 2.38. The van der Waals surface area contributed by atoms with Gasteiger partial charge in [0, 0.05) is 13.1 Å². The van der Waals surface area contributed by atoms with E-state index in [9.17, 15) is 4.79 Å². The Bertz CT molecular complexity index is 410. The molecule has 1 fully saturated rings. The standard InChI is InChI=1S/C12H19N3O2/c1-4-12(5-2)6-7-15(8-12)11(16)10-13-9(3)14-17-10/h4-8H2,1-3H3. The first kappa shape index (κ1) is 12.1. The van der Waals surface area contributed by atoms with Crippen molar-refractivity contribution in [1.29, 1.82) is 0 Å². The molecule has 1 aromatic rings. The van der Waals surface area contributed by atoms with Crippen molar-refractivity contribution in [3.8, 4) is 0 Å². The van der Waals surface area contributed by atoms with E-state index in [1.54, 1.807) is 6.92 Å². The first-order valence-electron chi connectivity index (χ1n) is 6.20. The van der Waals surface area contributed by atoms with Crippen LogP contribution in [-0.2, 0) is 0 Å². The maximum absolute atomic E-state index is 12.1. The Morgan fingerprint density at radius 3 is 2.65 bits per heavy atom. The zero-order valence-corrected chi connectivity index (χ0v) is 10.7. The monoisotopic (exact) mass is 237 g/mol. The van der Waals surface area contributed by atoms with E-state index in [4.69, 9.17) is 4.52 Å². The van der Waals surface area contributed by atoms with Crippen molar-refractivity contribution in [3.05, 3.63) is 11.7 Å². The van der Waals surface area contributed by atoms with Crippen LogP contribution in [0.25, 0.3) is 0 Å². The summed E-state index contributed by atoms with van der Waals surface area (Å²) in [6.45, 7) is 7.69. The third-order valence-electron chi connectivity index (χ3n) is 3.94. The van der Waals surface area contributed by atoms with E-state index in [-0.39, 0.29) is 17.2 Å². The Balaban J connectivity index is 2.08. The van der Waals surface area contributed by atoms with Gasteiger partial charge in [-0.2, -0.15) is 4.98 Å². The molecule has 0 aliphatic carbocycles. The molecule has 0 bridgehead atoms. The van der Waals surface area contributed by atoms with Gasteiger partial charge in [0.25, 0.3) is 0 Å². The van der Waals surface area contributed by atoms with E-state index >= 15 is 0 Å². The van der Waals surface area contributed by atoms with E-state index in [0.29, 0.717) is 5.82 Å². The fourth-order valence-electron chi connectivity index (χ4n) is 2.45. The number of hydrogen-bond acceptors (Lipinski definition) is 4. The molecule has 0 atom stereocenters. The lowest BCUT2D eigenvalue weighted by Gasteiger charge is -2.25. The molecule has 2 rings (SSSR count). The van der Waals surface area contributed by atoms with Gasteiger partial charge in [-0.25, -0.2) is 0 Å². The Hall–Kier alpha value is -1.39. The van der Waals surface area contributed by atoms with E-state index in [1.807, 2.05) is 4.90 Å². The molecular weight excluding hydrogens is 218 g/mol. The van der Waals surface area contributed by atoms with Crippen LogP contribution in [0.2, 0.25) is 0 Å². The average Bonchev–Trinajstić information content (AvgIpc) is 2.95. The smallest absolute Gasteiger partial charge is 0.316 e. The molecular formula is C12H19N3O2. The maximum Gasteiger partial charge on any atom is 0.316 e. The lowest BCUT2D eigenvalue weighted by molar-refractivity contribution is 0.0720. The third-order valence-corrected chi connectivity index (χ3v) is 3.94. The molecule has 1 aromatic heterocycles. The van der Waals surface area contributed by atoms with Gasteiger partial charge in [0.15, 0.2) is 5.82 Å². The molecule has 0 spiro atoms. The van der Waals surface area contributed by atoms with Crippen LogP contribution < -0.4 is 0 Å². The van der Waals surface area contributed by atoms with Crippen molar-refractivity contribution in [3.63, 3.8) is 0 Å². The normalized spacial score (nSPS) is 18.6. The highest BCUT2D eigenvalue weighted by Crippen LogP contribution is 2.37. The molecule has 1 aliphatic rings. The summed E-state index contributed by atoms with van der Waals surface area (Å²) in [6.07, 6.45) is 3.28. The van der Waals surface area contributed by atoms with Crippen molar-refractivity contribution in [2.24, 2.45) is 5.41 Å². The zero-order valence-electron chi connectivity index (χ0n) is 10.7. The predicted octanol–water partition coefficient (Wildman–Crippen LogP) is 2.03. The first-order valence-corrected chi connectivity index (χ1v) is 6.20. The summed E-state index contributed by atoms with van der Waals surface area (Å²) >= 11 is 0. The van der Waals surface area contributed by atoms with Gasteiger partial charge in [0.2, 0.25) is 0 Å². The Morgan fingerprint density at radius 2 is 2.18 bits per heavy atom. The number of rotatable bonds is 3. The van der Waals surface area contributed by atoms with Crippen LogP contribution in [-0.4, -0.2) is 34.0 Å². The van der Waals surface area contributed by atoms with Crippen LogP contribution in [0.15, 0.2) is 4.52 Å². The van der Waals surface area contributed by atoms with Crippen molar-refractivity contribution in [1.82, 2.24) is 15.0 Å². The quantitative estimate of drug-likeness (QED) is 0.807. The number of nitrogens with zero attached hydrogens (tertiary/aromatic N) is 3. The number of amides is 1. The minimum atomic E-state index is -0.130. The van der Waals surface area contributed by atoms with E-state index in [2.05, 4.69) is 24.0 Å². The fourth-order valence-corrected chi connectivity index (χ4v) is 2.45. The van der Waals surface area contributed by atoms with Gasteiger partial charge < -0.3 is 9.42 Å². The molecule has 1 aliphatic heterocycles. The summed E-state index contributed by atoms with van der Waals surface area (Å²) in [5, 5.41) is 3.65. The molecule has 0 radical (unpaired) electrons. The molecule has 5 nitrogen and oxygen atoms in total. The van der Waals surface area contributed by atoms with Crippen LogP contribution in [0.1, 0.15) is 49.6 Å². The van der Waals surface area contributed by atoms with Crippen LogP contribution in [0, 0.1) is 12.3 Å².